The molecule has 0 heterocycles. The Morgan fingerprint density at radius 3 is 2.53 bits per heavy atom. The number of hydrogen-bond donors (Lipinski definition) is 1. The third-order valence-corrected chi connectivity index (χ3v) is 2.21. The molecular weight excluding hydrogens is 220 g/mol. The van der Waals surface area contributed by atoms with Crippen molar-refractivity contribution < 1.29 is 14.3 Å². The van der Waals surface area contributed by atoms with Crippen molar-refractivity contribution in [1.29, 1.82) is 0 Å². The summed E-state index contributed by atoms with van der Waals surface area (Å²) >= 11 is 0. The Kier molecular flexibility index (Phi) is 5.16. The van der Waals surface area contributed by atoms with Crippen molar-refractivity contribution in [3.63, 3.8) is 0 Å². The summed E-state index contributed by atoms with van der Waals surface area (Å²) in [5.74, 6) is -0.736. The van der Waals surface area contributed by atoms with Gasteiger partial charge in [-0.05, 0) is 5.56 Å². The molecule has 5 heteroatoms. The van der Waals surface area contributed by atoms with Gasteiger partial charge in [0.05, 0.1) is 6.54 Å². The van der Waals surface area contributed by atoms with Crippen LogP contribution in [0.4, 0.5) is 0 Å². The van der Waals surface area contributed by atoms with Crippen LogP contribution in [0.15, 0.2) is 30.3 Å². The van der Waals surface area contributed by atoms with E-state index in [2.05, 4.69) is 0 Å². The summed E-state index contributed by atoms with van der Waals surface area (Å²) in [4.78, 5) is 23.7. The monoisotopic (exact) mass is 236 g/mol. The molecule has 0 unspecified atom stereocenters. The number of esters is 1. The van der Waals surface area contributed by atoms with E-state index in [9.17, 15) is 9.59 Å². The molecule has 0 radical (unpaired) electrons. The molecule has 1 rings (SSSR count). The second kappa shape index (κ2) is 6.65. The molecule has 0 aliphatic rings. The fourth-order valence-corrected chi connectivity index (χ4v) is 1.22. The molecule has 1 amide bonds. The summed E-state index contributed by atoms with van der Waals surface area (Å²) < 4.78 is 5.02. The summed E-state index contributed by atoms with van der Waals surface area (Å²) in [6.45, 7) is 0.0235. The first-order chi connectivity index (χ1) is 8.13. The molecule has 17 heavy (non-hydrogen) atoms. The van der Waals surface area contributed by atoms with Gasteiger partial charge in [-0.2, -0.15) is 0 Å². The average Bonchev–Trinajstić information content (AvgIpc) is 2.36. The first-order valence-electron chi connectivity index (χ1n) is 5.27. The molecule has 2 N–H and O–H groups in total. The third kappa shape index (κ3) is 4.65. The summed E-state index contributed by atoms with van der Waals surface area (Å²) in [7, 11) is 1.51. The highest BCUT2D eigenvalue weighted by molar-refractivity contribution is 5.82. The van der Waals surface area contributed by atoms with Gasteiger partial charge in [0.25, 0.3) is 0 Å². The first-order valence-corrected chi connectivity index (χ1v) is 5.27. The van der Waals surface area contributed by atoms with Gasteiger partial charge < -0.3 is 15.4 Å². The Labute approximate surface area is 100 Å². The number of amides is 1. The van der Waals surface area contributed by atoms with Gasteiger partial charge in [-0.15, -0.1) is 0 Å². The number of carbonyl (C=O) groups excluding carboxylic acids is 2. The molecule has 0 aromatic heterocycles. The van der Waals surface area contributed by atoms with Crippen LogP contribution in [0.25, 0.3) is 0 Å². The number of rotatable bonds is 5. The van der Waals surface area contributed by atoms with Crippen molar-refractivity contribution in [3.05, 3.63) is 35.9 Å². The maximum Gasteiger partial charge on any atom is 0.325 e. The van der Waals surface area contributed by atoms with Crippen LogP contribution >= 0.6 is 0 Å². The van der Waals surface area contributed by atoms with E-state index < -0.39 is 5.97 Å². The van der Waals surface area contributed by atoms with Crippen molar-refractivity contribution in [2.45, 2.75) is 6.61 Å². The van der Waals surface area contributed by atoms with E-state index in [1.165, 1.54) is 11.9 Å². The van der Waals surface area contributed by atoms with Crippen LogP contribution in [0.3, 0.4) is 0 Å². The Balaban J connectivity index is 2.33. The fourth-order valence-electron chi connectivity index (χ4n) is 1.22. The van der Waals surface area contributed by atoms with Crippen LogP contribution in [0.5, 0.6) is 0 Å². The van der Waals surface area contributed by atoms with E-state index in [1.54, 1.807) is 0 Å². The molecule has 0 aliphatic carbocycles. The highest BCUT2D eigenvalue weighted by Crippen LogP contribution is 2.00. The zero-order chi connectivity index (χ0) is 12.7. The third-order valence-electron chi connectivity index (χ3n) is 2.21. The molecule has 0 saturated heterocycles. The highest BCUT2D eigenvalue weighted by Gasteiger charge is 2.12. The maximum atomic E-state index is 11.4. The van der Waals surface area contributed by atoms with E-state index in [-0.39, 0.29) is 25.6 Å². The lowest BCUT2D eigenvalue weighted by molar-refractivity contribution is -0.149. The molecule has 0 aliphatic heterocycles. The Bertz CT molecular complexity index is 379. The quantitative estimate of drug-likeness (QED) is 0.738. The number of carbonyl (C=O) groups is 2. The Morgan fingerprint density at radius 2 is 1.94 bits per heavy atom. The van der Waals surface area contributed by atoms with Crippen LogP contribution < -0.4 is 5.73 Å². The standard InChI is InChI=1S/C12H16N2O3/c1-14(11(15)7-13)8-12(16)17-9-10-5-3-2-4-6-10/h2-6H,7-9,13H2,1H3. The lowest BCUT2D eigenvalue weighted by Crippen LogP contribution is -2.37. The SMILES string of the molecule is CN(CC(=O)OCc1ccccc1)C(=O)CN. The molecule has 0 bridgehead atoms. The fraction of sp³-hybridized carbons (Fsp3) is 0.333. The Hall–Kier alpha value is -1.88. The normalized spacial score (nSPS) is 9.76. The number of benzene rings is 1. The smallest absolute Gasteiger partial charge is 0.325 e. The first kappa shape index (κ1) is 13.2. The van der Waals surface area contributed by atoms with Crippen molar-refractivity contribution in [3.8, 4) is 0 Å². The van der Waals surface area contributed by atoms with Crippen molar-refractivity contribution >= 4 is 11.9 Å². The highest BCUT2D eigenvalue weighted by atomic mass is 16.5. The summed E-state index contributed by atoms with van der Waals surface area (Å²) in [5, 5.41) is 0. The molecule has 0 spiro atoms. The zero-order valence-electron chi connectivity index (χ0n) is 9.76. The van der Waals surface area contributed by atoms with Gasteiger partial charge in [-0.3, -0.25) is 9.59 Å². The average molecular weight is 236 g/mol. The van der Waals surface area contributed by atoms with Gasteiger partial charge in [-0.25, -0.2) is 0 Å². The largest absolute Gasteiger partial charge is 0.459 e. The number of likely N-dealkylation sites (N-methyl/N-ethyl adjacent to an activating group) is 1. The van der Waals surface area contributed by atoms with E-state index in [1.807, 2.05) is 30.3 Å². The lowest BCUT2D eigenvalue weighted by Gasteiger charge is -2.14. The zero-order valence-corrected chi connectivity index (χ0v) is 9.76. The summed E-state index contributed by atoms with van der Waals surface area (Å²) in [6.07, 6.45) is 0. The van der Waals surface area contributed by atoms with Gasteiger partial charge in [0.2, 0.25) is 5.91 Å². The van der Waals surface area contributed by atoms with E-state index in [0.717, 1.165) is 5.56 Å². The minimum Gasteiger partial charge on any atom is -0.459 e. The molecule has 0 fully saturated rings. The van der Waals surface area contributed by atoms with Gasteiger partial charge >= 0.3 is 5.97 Å². The van der Waals surface area contributed by atoms with E-state index >= 15 is 0 Å². The number of ether oxygens (including phenoxy) is 1. The van der Waals surface area contributed by atoms with Crippen LogP contribution in [-0.4, -0.2) is 36.9 Å². The van der Waals surface area contributed by atoms with Gasteiger partial charge in [0.15, 0.2) is 0 Å². The predicted octanol–water partition coefficient (Wildman–Crippen LogP) is 0.147. The second-order valence-electron chi connectivity index (χ2n) is 3.60. The summed E-state index contributed by atoms with van der Waals surface area (Å²) in [5.41, 5.74) is 6.08. The van der Waals surface area contributed by atoms with E-state index in [0.29, 0.717) is 0 Å². The second-order valence-corrected chi connectivity index (χ2v) is 3.60. The van der Waals surface area contributed by atoms with Crippen LogP contribution in [0.2, 0.25) is 0 Å². The number of nitrogens with two attached hydrogens (primary N) is 1. The minimum atomic E-state index is -0.446. The molecule has 1 aromatic rings. The predicted molar refractivity (Wildman–Crippen MR) is 62.9 cm³/mol. The molecule has 5 nitrogen and oxygen atoms in total. The molecule has 0 atom stereocenters. The number of nitrogens with zero attached hydrogens (tertiary/aromatic N) is 1. The number of hydrogen-bond acceptors (Lipinski definition) is 4. The minimum absolute atomic E-state index is 0.0805. The van der Waals surface area contributed by atoms with Crippen molar-refractivity contribution in [1.82, 2.24) is 4.90 Å². The molecule has 1 aromatic carbocycles. The molecular formula is C12H16N2O3. The van der Waals surface area contributed by atoms with E-state index in [4.69, 9.17) is 10.5 Å². The van der Waals surface area contributed by atoms with Crippen LogP contribution in [0, 0.1) is 0 Å². The van der Waals surface area contributed by atoms with Gasteiger partial charge in [-0.1, -0.05) is 30.3 Å². The lowest BCUT2D eigenvalue weighted by atomic mass is 10.2. The van der Waals surface area contributed by atoms with Crippen molar-refractivity contribution in [2.75, 3.05) is 20.1 Å². The van der Waals surface area contributed by atoms with Gasteiger partial charge in [0, 0.05) is 7.05 Å². The molecule has 0 saturated carbocycles. The van der Waals surface area contributed by atoms with Crippen molar-refractivity contribution in [2.24, 2.45) is 5.73 Å². The topological polar surface area (TPSA) is 72.6 Å². The van der Waals surface area contributed by atoms with Gasteiger partial charge in [0.1, 0.15) is 13.2 Å². The molecule has 92 valence electrons. The van der Waals surface area contributed by atoms with Crippen LogP contribution in [-0.2, 0) is 20.9 Å². The maximum absolute atomic E-state index is 11.4. The summed E-state index contributed by atoms with van der Waals surface area (Å²) in [6, 6.07) is 9.35. The Morgan fingerprint density at radius 1 is 1.29 bits per heavy atom. The van der Waals surface area contributed by atoms with Crippen LogP contribution in [0.1, 0.15) is 5.56 Å².